The van der Waals surface area contributed by atoms with E-state index >= 15 is 0 Å². The summed E-state index contributed by atoms with van der Waals surface area (Å²) in [6.07, 6.45) is 0.297. The van der Waals surface area contributed by atoms with E-state index in [1.54, 1.807) is 13.0 Å². The van der Waals surface area contributed by atoms with Crippen LogP contribution in [0.1, 0.15) is 18.9 Å². The smallest absolute Gasteiger partial charge is 0.224 e. The van der Waals surface area contributed by atoms with Gasteiger partial charge in [-0.25, -0.2) is 4.39 Å². The molecule has 1 amide bonds. The highest BCUT2D eigenvalue weighted by Gasteiger charge is 2.05. The second-order valence-electron chi connectivity index (χ2n) is 3.06. The van der Waals surface area contributed by atoms with Crippen molar-refractivity contribution in [3.63, 3.8) is 0 Å². The van der Waals surface area contributed by atoms with Crippen LogP contribution in [0.4, 0.5) is 10.1 Å². The molecule has 1 rings (SSSR count). The van der Waals surface area contributed by atoms with Gasteiger partial charge in [0.05, 0.1) is 5.69 Å². The predicted octanol–water partition coefficient (Wildman–Crippen LogP) is 1.52. The third-order valence-electron chi connectivity index (χ3n) is 1.88. The molecule has 0 aliphatic carbocycles. The highest BCUT2D eigenvalue weighted by molar-refractivity contribution is 5.90. The van der Waals surface area contributed by atoms with Gasteiger partial charge in [0.15, 0.2) is 0 Å². The molecule has 2 N–H and O–H groups in total. The molecule has 0 bridgehead atoms. The average Bonchev–Trinajstić information content (AvgIpc) is 2.29. The molecular weight excluding hydrogens is 209 g/mol. The topological polar surface area (TPSA) is 49.3 Å². The van der Waals surface area contributed by atoms with Gasteiger partial charge in [0.25, 0.3) is 0 Å². The van der Waals surface area contributed by atoms with Gasteiger partial charge >= 0.3 is 0 Å². The molecule has 0 aromatic heterocycles. The van der Waals surface area contributed by atoms with Crippen molar-refractivity contribution in [2.24, 2.45) is 0 Å². The predicted molar refractivity (Wildman–Crippen MR) is 59.3 cm³/mol. The van der Waals surface area contributed by atoms with Gasteiger partial charge in [-0.1, -0.05) is 18.8 Å². The molecule has 0 saturated carbocycles. The summed E-state index contributed by atoms with van der Waals surface area (Å²) in [6, 6.07) is 4.25. The van der Waals surface area contributed by atoms with Gasteiger partial charge in [-0.2, -0.15) is 0 Å². The number of hydrogen-bond acceptors (Lipinski definition) is 2. The van der Waals surface area contributed by atoms with E-state index < -0.39 is 5.82 Å². The van der Waals surface area contributed by atoms with E-state index in [1.807, 2.05) is 0 Å². The maximum Gasteiger partial charge on any atom is 0.224 e. The first-order chi connectivity index (χ1) is 7.67. The molecular formula is C12H12FNO2. The standard InChI is InChI=1S/C12H12FNO2/c1-2-12(16)14-11-6-5-9(4-3-7-15)8-10(11)13/h5-6,8,15H,2,7H2,1H3,(H,14,16). The van der Waals surface area contributed by atoms with Crippen LogP contribution in [-0.2, 0) is 4.79 Å². The lowest BCUT2D eigenvalue weighted by Crippen LogP contribution is -2.10. The zero-order chi connectivity index (χ0) is 12.0. The number of carbonyl (C=O) groups is 1. The van der Waals surface area contributed by atoms with Crippen LogP contribution in [0.5, 0.6) is 0 Å². The van der Waals surface area contributed by atoms with Crippen molar-refractivity contribution in [1.29, 1.82) is 0 Å². The van der Waals surface area contributed by atoms with Crippen LogP contribution in [0.2, 0.25) is 0 Å². The summed E-state index contributed by atoms with van der Waals surface area (Å²) in [6.45, 7) is 1.42. The minimum absolute atomic E-state index is 0.140. The first-order valence-corrected chi connectivity index (χ1v) is 4.86. The molecule has 0 aliphatic heterocycles. The third-order valence-corrected chi connectivity index (χ3v) is 1.88. The molecule has 0 fully saturated rings. The molecule has 3 nitrogen and oxygen atoms in total. The van der Waals surface area contributed by atoms with Gasteiger partial charge in [-0.3, -0.25) is 4.79 Å². The van der Waals surface area contributed by atoms with Crippen molar-refractivity contribution in [2.45, 2.75) is 13.3 Å². The Morgan fingerprint density at radius 2 is 2.31 bits per heavy atom. The first-order valence-electron chi connectivity index (χ1n) is 4.86. The van der Waals surface area contributed by atoms with Crippen molar-refractivity contribution in [1.82, 2.24) is 0 Å². The molecule has 84 valence electrons. The van der Waals surface area contributed by atoms with Gasteiger partial charge in [0.1, 0.15) is 12.4 Å². The Morgan fingerprint density at radius 1 is 1.56 bits per heavy atom. The van der Waals surface area contributed by atoms with E-state index in [-0.39, 0.29) is 18.2 Å². The van der Waals surface area contributed by atoms with Crippen LogP contribution in [0, 0.1) is 17.7 Å². The van der Waals surface area contributed by atoms with E-state index in [0.29, 0.717) is 12.0 Å². The van der Waals surface area contributed by atoms with Gasteiger partial charge < -0.3 is 10.4 Å². The second-order valence-corrected chi connectivity index (χ2v) is 3.06. The Labute approximate surface area is 93.3 Å². The van der Waals surface area contributed by atoms with Crippen molar-refractivity contribution in [3.05, 3.63) is 29.6 Å². The Balaban J connectivity index is 2.87. The number of aliphatic hydroxyl groups is 1. The maximum absolute atomic E-state index is 13.4. The number of benzene rings is 1. The van der Waals surface area contributed by atoms with Gasteiger partial charge in [0.2, 0.25) is 5.91 Å². The fraction of sp³-hybridized carbons (Fsp3) is 0.250. The molecule has 4 heteroatoms. The highest BCUT2D eigenvalue weighted by Crippen LogP contribution is 2.15. The molecule has 1 aromatic carbocycles. The van der Waals surface area contributed by atoms with Crippen molar-refractivity contribution >= 4 is 11.6 Å². The largest absolute Gasteiger partial charge is 0.384 e. The number of halogens is 1. The normalized spacial score (nSPS) is 9.19. The second kappa shape index (κ2) is 5.89. The van der Waals surface area contributed by atoms with E-state index in [4.69, 9.17) is 5.11 Å². The number of nitrogens with one attached hydrogen (secondary N) is 1. The first kappa shape index (κ1) is 12.2. The van der Waals surface area contributed by atoms with Crippen molar-refractivity contribution < 1.29 is 14.3 Å². The summed E-state index contributed by atoms with van der Waals surface area (Å²) in [5.41, 5.74) is 0.599. The summed E-state index contributed by atoms with van der Waals surface area (Å²) in [7, 11) is 0. The van der Waals surface area contributed by atoms with Crippen LogP contribution in [-0.4, -0.2) is 17.6 Å². The van der Waals surface area contributed by atoms with E-state index in [1.165, 1.54) is 12.1 Å². The molecule has 0 saturated heterocycles. The Hall–Kier alpha value is -1.86. The van der Waals surface area contributed by atoms with Crippen LogP contribution in [0.3, 0.4) is 0 Å². The van der Waals surface area contributed by atoms with Crippen LogP contribution < -0.4 is 5.32 Å². The number of hydrogen-bond donors (Lipinski definition) is 2. The van der Waals surface area contributed by atoms with Gasteiger partial charge in [-0.15, -0.1) is 0 Å². The molecule has 0 heterocycles. The SMILES string of the molecule is CCC(=O)Nc1ccc(C#CCO)cc1F. The lowest BCUT2D eigenvalue weighted by molar-refractivity contribution is -0.115. The summed E-state index contributed by atoms with van der Waals surface area (Å²) in [4.78, 5) is 11.1. The summed E-state index contributed by atoms with van der Waals surface area (Å²) >= 11 is 0. The number of aliphatic hydroxyl groups excluding tert-OH is 1. The third kappa shape index (κ3) is 3.37. The molecule has 0 radical (unpaired) electrons. The van der Waals surface area contributed by atoms with Crippen LogP contribution in [0.15, 0.2) is 18.2 Å². The van der Waals surface area contributed by atoms with Crippen molar-refractivity contribution in [2.75, 3.05) is 11.9 Å². The summed E-state index contributed by atoms with van der Waals surface area (Å²) in [5, 5.41) is 10.9. The minimum Gasteiger partial charge on any atom is -0.384 e. The summed E-state index contributed by atoms with van der Waals surface area (Å²) < 4.78 is 13.4. The minimum atomic E-state index is -0.536. The number of rotatable bonds is 2. The fourth-order valence-electron chi connectivity index (χ4n) is 1.07. The van der Waals surface area contributed by atoms with E-state index in [9.17, 15) is 9.18 Å². The zero-order valence-corrected chi connectivity index (χ0v) is 8.88. The van der Waals surface area contributed by atoms with E-state index in [0.717, 1.165) is 0 Å². The van der Waals surface area contributed by atoms with Gasteiger partial charge in [-0.05, 0) is 18.2 Å². The quantitative estimate of drug-likeness (QED) is 0.744. The Kier molecular flexibility index (Phi) is 4.49. The zero-order valence-electron chi connectivity index (χ0n) is 8.88. The Bertz CT molecular complexity index is 446. The molecule has 0 unspecified atom stereocenters. The lowest BCUT2D eigenvalue weighted by Gasteiger charge is -2.04. The van der Waals surface area contributed by atoms with Crippen molar-refractivity contribution in [3.8, 4) is 11.8 Å². The highest BCUT2D eigenvalue weighted by atomic mass is 19.1. The fourth-order valence-corrected chi connectivity index (χ4v) is 1.07. The number of carbonyl (C=O) groups excluding carboxylic acids is 1. The molecule has 16 heavy (non-hydrogen) atoms. The number of anilines is 1. The lowest BCUT2D eigenvalue weighted by atomic mass is 10.2. The average molecular weight is 221 g/mol. The Morgan fingerprint density at radius 3 is 2.88 bits per heavy atom. The van der Waals surface area contributed by atoms with Crippen LogP contribution >= 0.6 is 0 Å². The monoisotopic (exact) mass is 221 g/mol. The maximum atomic E-state index is 13.4. The molecule has 0 atom stereocenters. The molecule has 0 spiro atoms. The van der Waals surface area contributed by atoms with E-state index in [2.05, 4.69) is 17.2 Å². The van der Waals surface area contributed by atoms with Gasteiger partial charge in [0, 0.05) is 12.0 Å². The summed E-state index contributed by atoms with van der Waals surface area (Å²) in [5.74, 6) is 4.21. The van der Waals surface area contributed by atoms with Crippen LogP contribution in [0.25, 0.3) is 0 Å². The molecule has 0 aliphatic rings. The number of amides is 1. The molecule has 1 aromatic rings.